The monoisotopic (exact) mass is 273 g/mol. The molecule has 0 saturated carbocycles. The van der Waals surface area contributed by atoms with Crippen molar-refractivity contribution in [1.82, 2.24) is 4.72 Å². The molecule has 0 saturated heterocycles. The van der Waals surface area contributed by atoms with Gasteiger partial charge in [0.15, 0.2) is 0 Å². The molecule has 0 heterocycles. The van der Waals surface area contributed by atoms with Crippen LogP contribution in [0, 0.1) is 13.8 Å². The van der Waals surface area contributed by atoms with Crippen molar-refractivity contribution in [2.24, 2.45) is 0 Å². The molecule has 0 bridgehead atoms. The van der Waals surface area contributed by atoms with Crippen molar-refractivity contribution < 1.29 is 13.2 Å². The molecular formula is C11H19N3O3S. The predicted molar refractivity (Wildman–Crippen MR) is 72.7 cm³/mol. The lowest BCUT2D eigenvalue weighted by Gasteiger charge is -2.14. The van der Waals surface area contributed by atoms with Crippen LogP contribution in [0.1, 0.15) is 11.1 Å². The molecule has 0 radical (unpaired) electrons. The van der Waals surface area contributed by atoms with Crippen molar-refractivity contribution in [3.63, 3.8) is 0 Å². The van der Waals surface area contributed by atoms with Gasteiger partial charge in [-0.3, -0.25) is 4.72 Å². The fourth-order valence-electron chi connectivity index (χ4n) is 1.61. The molecule has 0 aliphatic rings. The van der Waals surface area contributed by atoms with E-state index < -0.39 is 10.2 Å². The Hall–Kier alpha value is -1.31. The van der Waals surface area contributed by atoms with Crippen LogP contribution in [-0.4, -0.2) is 28.7 Å². The van der Waals surface area contributed by atoms with Crippen molar-refractivity contribution >= 4 is 21.6 Å². The number of ether oxygens (including phenoxy) is 1. The molecule has 1 aromatic carbocycles. The standard InChI is InChI=1S/C11H19N3O3S/c1-8-6-10(12)7-9(2)11(8)14-18(15,16)13-4-5-17-3/h6-7,13-14H,4-5,12H2,1-3H3. The summed E-state index contributed by atoms with van der Waals surface area (Å²) >= 11 is 0. The lowest BCUT2D eigenvalue weighted by Crippen LogP contribution is -2.33. The summed E-state index contributed by atoms with van der Waals surface area (Å²) in [4.78, 5) is 0. The highest BCUT2D eigenvalue weighted by molar-refractivity contribution is 7.90. The van der Waals surface area contributed by atoms with Crippen molar-refractivity contribution in [2.45, 2.75) is 13.8 Å². The molecule has 0 aliphatic carbocycles. The van der Waals surface area contributed by atoms with Crippen LogP contribution in [0.15, 0.2) is 12.1 Å². The highest BCUT2D eigenvalue weighted by Gasteiger charge is 2.12. The van der Waals surface area contributed by atoms with Gasteiger partial charge in [0.25, 0.3) is 10.2 Å². The SMILES string of the molecule is COCCNS(=O)(=O)Nc1c(C)cc(N)cc1C. The fraction of sp³-hybridized carbons (Fsp3) is 0.455. The van der Waals surface area contributed by atoms with E-state index in [4.69, 9.17) is 10.5 Å². The summed E-state index contributed by atoms with van der Waals surface area (Å²) < 4.78 is 33.2. The number of nitrogen functional groups attached to an aromatic ring is 1. The number of anilines is 2. The Morgan fingerprint density at radius 1 is 1.28 bits per heavy atom. The number of hydrogen-bond donors (Lipinski definition) is 3. The number of nitrogens with one attached hydrogen (secondary N) is 2. The maximum atomic E-state index is 11.8. The molecule has 18 heavy (non-hydrogen) atoms. The Morgan fingerprint density at radius 2 is 1.83 bits per heavy atom. The molecule has 6 nitrogen and oxygen atoms in total. The predicted octanol–water partition coefficient (Wildman–Crippen LogP) is 0.778. The molecule has 7 heteroatoms. The second-order valence-electron chi connectivity index (χ2n) is 4.02. The average Bonchev–Trinajstić information content (AvgIpc) is 2.23. The summed E-state index contributed by atoms with van der Waals surface area (Å²) in [5, 5.41) is 0. The van der Waals surface area contributed by atoms with Crippen LogP contribution in [0.25, 0.3) is 0 Å². The van der Waals surface area contributed by atoms with Gasteiger partial charge >= 0.3 is 0 Å². The van der Waals surface area contributed by atoms with Gasteiger partial charge in [-0.05, 0) is 37.1 Å². The van der Waals surface area contributed by atoms with Crippen LogP contribution >= 0.6 is 0 Å². The largest absolute Gasteiger partial charge is 0.399 e. The van der Waals surface area contributed by atoms with E-state index in [1.165, 1.54) is 7.11 Å². The van der Waals surface area contributed by atoms with E-state index in [1.54, 1.807) is 26.0 Å². The van der Waals surface area contributed by atoms with E-state index in [-0.39, 0.29) is 6.54 Å². The van der Waals surface area contributed by atoms with Crippen LogP contribution < -0.4 is 15.2 Å². The number of benzene rings is 1. The summed E-state index contributed by atoms with van der Waals surface area (Å²) in [7, 11) is -2.08. The Kier molecular flexibility index (Phi) is 4.94. The van der Waals surface area contributed by atoms with Gasteiger partial charge in [0.05, 0.1) is 12.3 Å². The number of hydrogen-bond acceptors (Lipinski definition) is 4. The van der Waals surface area contributed by atoms with Crippen LogP contribution in [0.3, 0.4) is 0 Å². The topological polar surface area (TPSA) is 93.4 Å². The van der Waals surface area contributed by atoms with Gasteiger partial charge in [-0.15, -0.1) is 0 Å². The van der Waals surface area contributed by atoms with Gasteiger partial charge in [-0.2, -0.15) is 13.1 Å². The minimum Gasteiger partial charge on any atom is -0.399 e. The molecule has 0 unspecified atom stereocenters. The highest BCUT2D eigenvalue weighted by atomic mass is 32.2. The quantitative estimate of drug-likeness (QED) is 0.527. The Bertz CT molecular complexity index is 491. The molecule has 4 N–H and O–H groups in total. The number of rotatable bonds is 6. The summed E-state index contributed by atoms with van der Waals surface area (Å²) in [5.74, 6) is 0. The van der Waals surface area contributed by atoms with Gasteiger partial charge in [0.2, 0.25) is 0 Å². The maximum absolute atomic E-state index is 11.8. The lowest BCUT2D eigenvalue weighted by atomic mass is 10.1. The van der Waals surface area contributed by atoms with E-state index in [0.717, 1.165) is 11.1 Å². The molecule has 0 aliphatic heterocycles. The average molecular weight is 273 g/mol. The van der Waals surface area contributed by atoms with Crippen molar-refractivity contribution in [3.8, 4) is 0 Å². The van der Waals surface area contributed by atoms with Gasteiger partial charge in [0.1, 0.15) is 0 Å². The van der Waals surface area contributed by atoms with E-state index in [1.807, 2.05) is 0 Å². The first-order valence-corrected chi connectivity index (χ1v) is 6.97. The van der Waals surface area contributed by atoms with Gasteiger partial charge in [-0.25, -0.2) is 0 Å². The second-order valence-corrected chi connectivity index (χ2v) is 5.52. The maximum Gasteiger partial charge on any atom is 0.299 e. The van der Waals surface area contributed by atoms with Crippen molar-refractivity contribution in [2.75, 3.05) is 30.7 Å². The molecule has 102 valence electrons. The summed E-state index contributed by atoms with van der Waals surface area (Å²) in [5.41, 5.74) is 8.41. The summed E-state index contributed by atoms with van der Waals surface area (Å²) in [6, 6.07) is 3.44. The fourth-order valence-corrected chi connectivity index (χ4v) is 2.62. The Labute approximate surface area is 108 Å². The van der Waals surface area contributed by atoms with Crippen LogP contribution in [0.5, 0.6) is 0 Å². The zero-order chi connectivity index (χ0) is 13.8. The summed E-state index contributed by atoms with van der Waals surface area (Å²) in [6.07, 6.45) is 0. The Morgan fingerprint density at radius 3 is 2.33 bits per heavy atom. The van der Waals surface area contributed by atoms with Gasteiger partial charge in [-0.1, -0.05) is 0 Å². The third-order valence-electron chi connectivity index (χ3n) is 2.39. The minimum absolute atomic E-state index is 0.221. The van der Waals surface area contributed by atoms with Crippen LogP contribution in [-0.2, 0) is 14.9 Å². The smallest absolute Gasteiger partial charge is 0.299 e. The number of aryl methyl sites for hydroxylation is 2. The lowest BCUT2D eigenvalue weighted by molar-refractivity contribution is 0.204. The van der Waals surface area contributed by atoms with Gasteiger partial charge in [0, 0.05) is 19.3 Å². The van der Waals surface area contributed by atoms with E-state index >= 15 is 0 Å². The van der Waals surface area contributed by atoms with Crippen LogP contribution in [0.4, 0.5) is 11.4 Å². The van der Waals surface area contributed by atoms with Gasteiger partial charge < -0.3 is 10.5 Å². The zero-order valence-electron chi connectivity index (χ0n) is 10.8. The zero-order valence-corrected chi connectivity index (χ0v) is 11.6. The second kappa shape index (κ2) is 6.03. The Balaban J connectivity index is 2.84. The number of methoxy groups -OCH3 is 1. The first-order valence-electron chi connectivity index (χ1n) is 5.49. The van der Waals surface area contributed by atoms with E-state index in [9.17, 15) is 8.42 Å². The molecule has 1 rings (SSSR count). The third kappa shape index (κ3) is 4.17. The highest BCUT2D eigenvalue weighted by Crippen LogP contribution is 2.23. The first kappa shape index (κ1) is 14.7. The molecule has 0 aromatic heterocycles. The molecular weight excluding hydrogens is 254 g/mol. The summed E-state index contributed by atoms with van der Waals surface area (Å²) in [6.45, 7) is 4.15. The minimum atomic E-state index is -3.59. The normalized spacial score (nSPS) is 11.5. The molecule has 0 amide bonds. The molecule has 1 aromatic rings. The van der Waals surface area contributed by atoms with Crippen molar-refractivity contribution in [3.05, 3.63) is 23.3 Å². The molecule has 0 spiro atoms. The number of nitrogens with two attached hydrogens (primary N) is 1. The first-order chi connectivity index (χ1) is 8.35. The van der Waals surface area contributed by atoms with E-state index in [2.05, 4.69) is 9.44 Å². The third-order valence-corrected chi connectivity index (χ3v) is 3.45. The van der Waals surface area contributed by atoms with E-state index in [0.29, 0.717) is 18.0 Å². The van der Waals surface area contributed by atoms with Crippen molar-refractivity contribution in [1.29, 1.82) is 0 Å². The molecule has 0 atom stereocenters. The molecule has 0 fully saturated rings. The van der Waals surface area contributed by atoms with Crippen LogP contribution in [0.2, 0.25) is 0 Å².